The van der Waals surface area contributed by atoms with Crippen molar-refractivity contribution in [1.82, 2.24) is 15.1 Å². The highest BCUT2D eigenvalue weighted by atomic mass is 16.2. The molecule has 31 heavy (non-hydrogen) atoms. The summed E-state index contributed by atoms with van der Waals surface area (Å²) < 4.78 is 0. The largest absolute Gasteiger partial charge is 0.309 e. The number of imide groups is 1. The molecule has 1 aromatic carbocycles. The number of carbonyl (C=O) groups is 3. The quantitative estimate of drug-likeness (QED) is 0.568. The predicted molar refractivity (Wildman–Crippen MR) is 121 cm³/mol. The Kier molecular flexibility index (Phi) is 6.39. The number of rotatable bonds is 6. The number of nitrogens with zero attached hydrogens (tertiary/aromatic N) is 4. The van der Waals surface area contributed by atoms with Crippen LogP contribution < -0.4 is 5.32 Å². The highest BCUT2D eigenvalue weighted by Crippen LogP contribution is 2.31. The minimum absolute atomic E-state index is 0. The lowest BCUT2D eigenvalue weighted by Gasteiger charge is -2.15. The van der Waals surface area contributed by atoms with E-state index in [0.29, 0.717) is 29.2 Å². The van der Waals surface area contributed by atoms with E-state index in [4.69, 9.17) is 0 Å². The first-order chi connectivity index (χ1) is 14.8. The van der Waals surface area contributed by atoms with Gasteiger partial charge >= 0.3 is 0 Å². The van der Waals surface area contributed by atoms with Gasteiger partial charge in [-0.2, -0.15) is 0 Å². The van der Waals surface area contributed by atoms with Crippen LogP contribution >= 0.6 is 0 Å². The molecule has 2 heterocycles. The molecule has 1 atom stereocenters. The molecule has 1 aliphatic heterocycles. The maximum atomic E-state index is 12.9. The van der Waals surface area contributed by atoms with Crippen molar-refractivity contribution in [2.45, 2.75) is 33.6 Å². The summed E-state index contributed by atoms with van der Waals surface area (Å²) in [5, 5.41) is 11.0. The number of allylic oxidation sites excluding steroid dienone is 2. The summed E-state index contributed by atoms with van der Waals surface area (Å²) in [7, 11) is 1.44. The van der Waals surface area contributed by atoms with Crippen LogP contribution in [0.1, 0.15) is 65.7 Å². The van der Waals surface area contributed by atoms with Gasteiger partial charge in [0.1, 0.15) is 0 Å². The third-order valence-electron chi connectivity index (χ3n) is 5.16. The Labute approximate surface area is 182 Å². The van der Waals surface area contributed by atoms with E-state index in [2.05, 4.69) is 20.5 Å². The van der Waals surface area contributed by atoms with Crippen LogP contribution in [0, 0.1) is 6.92 Å². The molecule has 1 aromatic heterocycles. The van der Waals surface area contributed by atoms with E-state index in [0.717, 1.165) is 16.0 Å². The normalized spacial score (nSPS) is 14.9. The summed E-state index contributed by atoms with van der Waals surface area (Å²) in [5.41, 5.74) is 3.43. The number of fused-ring (bicyclic) bond motifs is 1. The molecule has 8 heteroatoms. The summed E-state index contributed by atoms with van der Waals surface area (Å²) in [6.45, 7) is 8.03. The van der Waals surface area contributed by atoms with Crippen molar-refractivity contribution in [1.29, 1.82) is 0 Å². The van der Waals surface area contributed by atoms with Gasteiger partial charge in [0.15, 0.2) is 5.82 Å². The number of hydrogen-bond acceptors (Lipinski definition) is 6. The number of benzene rings is 1. The maximum absolute atomic E-state index is 12.9. The highest BCUT2D eigenvalue weighted by molar-refractivity contribution is 6.22. The van der Waals surface area contributed by atoms with Gasteiger partial charge in [-0.05, 0) is 57.0 Å². The topological polar surface area (TPSA) is 105 Å². The molecule has 1 N–H and O–H groups in total. The minimum Gasteiger partial charge on any atom is -0.309 e. The van der Waals surface area contributed by atoms with E-state index < -0.39 is 11.8 Å². The lowest BCUT2D eigenvalue weighted by molar-refractivity contribution is -0.117. The number of hydrogen-bond donors (Lipinski definition) is 1. The molecule has 162 valence electrons. The average Bonchev–Trinajstić information content (AvgIpc) is 2.98. The molecule has 0 aliphatic carbocycles. The molecule has 1 aliphatic rings. The number of amides is 3. The standard InChI is InChI=1S/C23H25N5O3.H2/c1-6-15(12-24-7-2)18-8-9-19(27-26-18)25-21(29)14(4)16-10-13(3)11-17-20(16)23(31)28(5)22(17)30;/h6,8-12,14H,7H2,1-5H3,(H,25,27,29);1H/b15-6+,24-12?;. The van der Waals surface area contributed by atoms with E-state index in [1.807, 2.05) is 26.8 Å². The second-order valence-electron chi connectivity index (χ2n) is 7.33. The second-order valence-corrected chi connectivity index (χ2v) is 7.33. The number of aryl methyl sites for hydroxylation is 1. The van der Waals surface area contributed by atoms with Crippen LogP contribution in [0.3, 0.4) is 0 Å². The SMILES string of the molecule is C/C=C(\C=NCC)c1ccc(NC(=O)C(C)c2cc(C)cc3c2C(=O)N(C)C3=O)nn1.[HH]. The first-order valence-electron chi connectivity index (χ1n) is 10.1. The Morgan fingerprint density at radius 3 is 2.61 bits per heavy atom. The molecule has 0 spiro atoms. The summed E-state index contributed by atoms with van der Waals surface area (Å²) in [6, 6.07) is 6.87. The molecule has 2 aromatic rings. The molecule has 8 nitrogen and oxygen atoms in total. The van der Waals surface area contributed by atoms with Crippen molar-refractivity contribution in [3.63, 3.8) is 0 Å². The van der Waals surface area contributed by atoms with Crippen molar-refractivity contribution in [2.24, 2.45) is 4.99 Å². The van der Waals surface area contributed by atoms with Crippen LogP contribution in [-0.2, 0) is 4.79 Å². The smallest absolute Gasteiger partial charge is 0.261 e. The van der Waals surface area contributed by atoms with Gasteiger partial charge in [-0.3, -0.25) is 24.3 Å². The average molecular weight is 422 g/mol. The predicted octanol–water partition coefficient (Wildman–Crippen LogP) is 3.49. The van der Waals surface area contributed by atoms with Gasteiger partial charge in [-0.1, -0.05) is 12.1 Å². The molecule has 0 saturated heterocycles. The molecule has 0 saturated carbocycles. The van der Waals surface area contributed by atoms with Gasteiger partial charge in [0, 0.05) is 26.8 Å². The molecular weight excluding hydrogens is 394 g/mol. The van der Waals surface area contributed by atoms with Gasteiger partial charge in [-0.25, -0.2) is 0 Å². The number of carbonyl (C=O) groups excluding carboxylic acids is 3. The number of nitrogens with one attached hydrogen (secondary N) is 1. The van der Waals surface area contributed by atoms with Gasteiger partial charge in [0.2, 0.25) is 5.91 Å². The number of anilines is 1. The third kappa shape index (κ3) is 4.28. The minimum atomic E-state index is -0.666. The van der Waals surface area contributed by atoms with Crippen molar-refractivity contribution in [3.05, 3.63) is 58.3 Å². The van der Waals surface area contributed by atoms with E-state index in [-0.39, 0.29) is 18.8 Å². The summed E-state index contributed by atoms with van der Waals surface area (Å²) in [4.78, 5) is 43.1. The van der Waals surface area contributed by atoms with E-state index in [1.54, 1.807) is 37.4 Å². The van der Waals surface area contributed by atoms with Crippen LogP contribution in [0.5, 0.6) is 0 Å². The van der Waals surface area contributed by atoms with E-state index in [9.17, 15) is 14.4 Å². The van der Waals surface area contributed by atoms with E-state index in [1.165, 1.54) is 7.05 Å². The maximum Gasteiger partial charge on any atom is 0.261 e. The Morgan fingerprint density at radius 1 is 1.26 bits per heavy atom. The Hall–Kier alpha value is -3.68. The number of aliphatic imine (C=N–C) groups is 1. The lowest BCUT2D eigenvalue weighted by atomic mass is 9.90. The Bertz CT molecular complexity index is 1110. The van der Waals surface area contributed by atoms with Gasteiger partial charge in [-0.15, -0.1) is 10.2 Å². The fraction of sp³-hybridized carbons (Fsp3) is 0.304. The first kappa shape index (κ1) is 22.0. The zero-order chi connectivity index (χ0) is 22.7. The zero-order valence-electron chi connectivity index (χ0n) is 18.3. The summed E-state index contributed by atoms with van der Waals surface area (Å²) in [5.74, 6) is -1.46. The molecule has 0 bridgehead atoms. The van der Waals surface area contributed by atoms with Crippen molar-refractivity contribution < 1.29 is 15.8 Å². The monoisotopic (exact) mass is 421 g/mol. The molecular formula is C23H27N5O3. The second kappa shape index (κ2) is 8.99. The number of aromatic nitrogens is 2. The molecule has 0 radical (unpaired) electrons. The first-order valence-corrected chi connectivity index (χ1v) is 10.1. The van der Waals surface area contributed by atoms with E-state index >= 15 is 0 Å². The lowest BCUT2D eigenvalue weighted by Crippen LogP contribution is -2.25. The summed E-state index contributed by atoms with van der Waals surface area (Å²) >= 11 is 0. The Morgan fingerprint density at radius 2 is 2.00 bits per heavy atom. The van der Waals surface area contributed by atoms with Crippen molar-refractivity contribution >= 4 is 35.3 Å². The van der Waals surface area contributed by atoms with Crippen LogP contribution in [-0.4, -0.2) is 52.6 Å². The molecule has 3 amide bonds. The van der Waals surface area contributed by atoms with Crippen molar-refractivity contribution in [3.8, 4) is 0 Å². The fourth-order valence-corrected chi connectivity index (χ4v) is 3.41. The fourth-order valence-electron chi connectivity index (χ4n) is 3.41. The zero-order valence-corrected chi connectivity index (χ0v) is 18.3. The summed E-state index contributed by atoms with van der Waals surface area (Å²) in [6.07, 6.45) is 3.62. The van der Waals surface area contributed by atoms with Crippen LogP contribution in [0.25, 0.3) is 5.57 Å². The Balaban J connectivity index is 0.00000363. The molecule has 1 unspecified atom stereocenters. The molecule has 0 fully saturated rings. The highest BCUT2D eigenvalue weighted by Gasteiger charge is 2.37. The van der Waals surface area contributed by atoms with Gasteiger partial charge < -0.3 is 5.32 Å². The van der Waals surface area contributed by atoms with Crippen molar-refractivity contribution in [2.75, 3.05) is 18.9 Å². The van der Waals surface area contributed by atoms with Crippen LogP contribution in [0.15, 0.2) is 35.3 Å². The van der Waals surface area contributed by atoms with Crippen LogP contribution in [0.4, 0.5) is 5.82 Å². The van der Waals surface area contributed by atoms with Gasteiger partial charge in [0.05, 0.1) is 22.7 Å². The van der Waals surface area contributed by atoms with Crippen LogP contribution in [0.2, 0.25) is 0 Å². The third-order valence-corrected chi connectivity index (χ3v) is 5.16. The van der Waals surface area contributed by atoms with Gasteiger partial charge in [0.25, 0.3) is 11.8 Å². The molecule has 3 rings (SSSR count).